The lowest BCUT2D eigenvalue weighted by Gasteiger charge is -2.24. The van der Waals surface area contributed by atoms with Crippen LogP contribution in [0.25, 0.3) is 11.4 Å². The van der Waals surface area contributed by atoms with Gasteiger partial charge < -0.3 is 4.57 Å². The Kier molecular flexibility index (Phi) is 4.16. The summed E-state index contributed by atoms with van der Waals surface area (Å²) in [7, 11) is 2.04. The molecule has 0 aromatic carbocycles. The van der Waals surface area contributed by atoms with Crippen LogP contribution < -0.4 is 0 Å². The SMILES string of the molecule is Cc1ncc(-c2cc(C3CCCN3Cc3cncs3)ccn2)n1C. The molecule has 1 saturated heterocycles. The molecule has 1 aliphatic rings. The second kappa shape index (κ2) is 6.45. The fraction of sp³-hybridized carbons (Fsp3) is 0.389. The third-order valence-corrected chi connectivity index (χ3v) is 5.62. The van der Waals surface area contributed by atoms with Crippen molar-refractivity contribution < 1.29 is 0 Å². The first kappa shape index (κ1) is 15.5. The lowest BCUT2D eigenvalue weighted by atomic mass is 10.0. The molecule has 124 valence electrons. The van der Waals surface area contributed by atoms with Crippen LogP contribution in [0.5, 0.6) is 0 Å². The molecule has 0 radical (unpaired) electrons. The van der Waals surface area contributed by atoms with E-state index < -0.39 is 0 Å². The van der Waals surface area contributed by atoms with E-state index in [0.717, 1.165) is 30.3 Å². The van der Waals surface area contributed by atoms with Crippen LogP contribution in [0.1, 0.15) is 35.1 Å². The first-order valence-electron chi connectivity index (χ1n) is 8.28. The van der Waals surface area contributed by atoms with Crippen LogP contribution in [0.4, 0.5) is 0 Å². The minimum Gasteiger partial charge on any atom is -0.330 e. The van der Waals surface area contributed by atoms with Gasteiger partial charge in [-0.25, -0.2) is 4.98 Å². The van der Waals surface area contributed by atoms with E-state index >= 15 is 0 Å². The van der Waals surface area contributed by atoms with Crippen LogP contribution in [-0.2, 0) is 13.6 Å². The minimum absolute atomic E-state index is 0.461. The molecule has 0 spiro atoms. The van der Waals surface area contributed by atoms with Crippen LogP contribution in [0.3, 0.4) is 0 Å². The van der Waals surface area contributed by atoms with Gasteiger partial charge in [0.2, 0.25) is 0 Å². The lowest BCUT2D eigenvalue weighted by Crippen LogP contribution is -2.22. The van der Waals surface area contributed by atoms with Crippen molar-refractivity contribution in [3.63, 3.8) is 0 Å². The third-order valence-electron chi connectivity index (χ3n) is 4.86. The first-order chi connectivity index (χ1) is 11.7. The van der Waals surface area contributed by atoms with Crippen LogP contribution in [0, 0.1) is 6.92 Å². The van der Waals surface area contributed by atoms with Crippen LogP contribution in [0.15, 0.2) is 36.2 Å². The number of aromatic nitrogens is 4. The van der Waals surface area contributed by atoms with Crippen LogP contribution in [-0.4, -0.2) is 31.0 Å². The second-order valence-electron chi connectivity index (χ2n) is 6.32. The summed E-state index contributed by atoms with van der Waals surface area (Å²) in [4.78, 5) is 17.0. The molecule has 5 nitrogen and oxygen atoms in total. The van der Waals surface area contributed by atoms with Crippen molar-refractivity contribution in [2.45, 2.75) is 32.4 Å². The number of hydrogen-bond donors (Lipinski definition) is 0. The molecule has 0 saturated carbocycles. The van der Waals surface area contributed by atoms with Gasteiger partial charge >= 0.3 is 0 Å². The van der Waals surface area contributed by atoms with Crippen LogP contribution >= 0.6 is 11.3 Å². The largest absolute Gasteiger partial charge is 0.330 e. The molecule has 0 aliphatic carbocycles. The summed E-state index contributed by atoms with van der Waals surface area (Å²) in [5.74, 6) is 1.00. The highest BCUT2D eigenvalue weighted by atomic mass is 32.1. The van der Waals surface area contributed by atoms with E-state index in [2.05, 4.69) is 36.6 Å². The first-order valence-corrected chi connectivity index (χ1v) is 9.16. The molecule has 4 heterocycles. The number of pyridine rings is 1. The Bertz CT molecular complexity index is 824. The zero-order valence-corrected chi connectivity index (χ0v) is 14.8. The fourth-order valence-corrected chi connectivity index (χ4v) is 4.07. The standard InChI is InChI=1S/C18H21N5S/c1-13-21-10-18(22(13)2)16-8-14(5-6-20-16)17-4-3-7-23(17)11-15-9-19-12-24-15/h5-6,8-10,12,17H,3-4,7,11H2,1-2H3. The van der Waals surface area contributed by atoms with Gasteiger partial charge in [-0.15, -0.1) is 11.3 Å². The number of hydrogen-bond acceptors (Lipinski definition) is 5. The van der Waals surface area contributed by atoms with E-state index in [1.807, 2.05) is 38.1 Å². The zero-order valence-electron chi connectivity index (χ0n) is 14.0. The van der Waals surface area contributed by atoms with Gasteiger partial charge in [0.05, 0.1) is 23.1 Å². The Morgan fingerprint density at radius 1 is 1.29 bits per heavy atom. The Morgan fingerprint density at radius 3 is 2.96 bits per heavy atom. The number of aryl methyl sites for hydroxylation is 1. The van der Waals surface area contributed by atoms with Gasteiger partial charge in [-0.2, -0.15) is 0 Å². The number of thiazole rings is 1. The predicted molar refractivity (Wildman–Crippen MR) is 95.7 cm³/mol. The molecule has 0 N–H and O–H groups in total. The quantitative estimate of drug-likeness (QED) is 0.729. The maximum Gasteiger partial charge on any atom is 0.105 e. The summed E-state index contributed by atoms with van der Waals surface area (Å²) in [5.41, 5.74) is 5.33. The van der Waals surface area contributed by atoms with Crippen molar-refractivity contribution in [2.75, 3.05) is 6.54 Å². The molecule has 1 fully saturated rings. The molecule has 3 aromatic heterocycles. The van der Waals surface area contributed by atoms with Crippen molar-refractivity contribution in [3.8, 4) is 11.4 Å². The monoisotopic (exact) mass is 339 g/mol. The average Bonchev–Trinajstić information content (AvgIpc) is 3.32. The molecule has 0 bridgehead atoms. The predicted octanol–water partition coefficient (Wildman–Crippen LogP) is 3.58. The van der Waals surface area contributed by atoms with Gasteiger partial charge in [-0.3, -0.25) is 14.9 Å². The summed E-state index contributed by atoms with van der Waals surface area (Å²) in [6.07, 6.45) is 8.26. The molecule has 24 heavy (non-hydrogen) atoms. The molecule has 1 aliphatic heterocycles. The summed E-state index contributed by atoms with van der Waals surface area (Å²) < 4.78 is 2.09. The maximum absolute atomic E-state index is 4.57. The van der Waals surface area contributed by atoms with Gasteiger partial charge in [0.15, 0.2) is 0 Å². The maximum atomic E-state index is 4.57. The number of imidazole rings is 1. The van der Waals surface area contributed by atoms with Crippen molar-refractivity contribution in [3.05, 3.63) is 52.5 Å². The van der Waals surface area contributed by atoms with E-state index in [9.17, 15) is 0 Å². The Morgan fingerprint density at radius 2 is 2.21 bits per heavy atom. The minimum atomic E-state index is 0.461. The van der Waals surface area contributed by atoms with E-state index in [1.54, 1.807) is 11.3 Å². The Labute approximate surface area is 146 Å². The van der Waals surface area contributed by atoms with E-state index in [0.29, 0.717) is 6.04 Å². The van der Waals surface area contributed by atoms with Gasteiger partial charge in [0.25, 0.3) is 0 Å². The van der Waals surface area contributed by atoms with Gasteiger partial charge in [-0.05, 0) is 44.0 Å². The van der Waals surface area contributed by atoms with E-state index in [1.165, 1.54) is 23.3 Å². The van der Waals surface area contributed by atoms with Gasteiger partial charge in [0.1, 0.15) is 5.82 Å². The highest BCUT2D eigenvalue weighted by molar-refractivity contribution is 7.09. The van der Waals surface area contributed by atoms with Crippen LogP contribution in [0.2, 0.25) is 0 Å². The van der Waals surface area contributed by atoms with Crippen molar-refractivity contribution in [1.29, 1.82) is 0 Å². The van der Waals surface area contributed by atoms with Crippen molar-refractivity contribution >= 4 is 11.3 Å². The molecular weight excluding hydrogens is 318 g/mol. The summed E-state index contributed by atoms with van der Waals surface area (Å²) in [6.45, 7) is 4.14. The number of likely N-dealkylation sites (tertiary alicyclic amines) is 1. The molecule has 4 rings (SSSR count). The fourth-order valence-electron chi connectivity index (χ4n) is 3.45. The Hall–Kier alpha value is -2.05. The summed E-state index contributed by atoms with van der Waals surface area (Å²) in [5, 5.41) is 0. The number of rotatable bonds is 4. The van der Waals surface area contributed by atoms with Gasteiger partial charge in [-0.1, -0.05) is 0 Å². The molecule has 6 heteroatoms. The lowest BCUT2D eigenvalue weighted by molar-refractivity contribution is 0.250. The normalized spacial score (nSPS) is 18.3. The Balaban J connectivity index is 1.61. The molecule has 3 aromatic rings. The molecule has 1 atom stereocenters. The topological polar surface area (TPSA) is 46.8 Å². The average molecular weight is 339 g/mol. The van der Waals surface area contributed by atoms with Crippen molar-refractivity contribution in [2.24, 2.45) is 7.05 Å². The molecule has 1 unspecified atom stereocenters. The highest BCUT2D eigenvalue weighted by Gasteiger charge is 2.26. The summed E-state index contributed by atoms with van der Waals surface area (Å²) in [6, 6.07) is 4.84. The second-order valence-corrected chi connectivity index (χ2v) is 7.29. The van der Waals surface area contributed by atoms with Crippen molar-refractivity contribution in [1.82, 2.24) is 24.4 Å². The number of nitrogens with zero attached hydrogens (tertiary/aromatic N) is 5. The molecular formula is C18H21N5S. The smallest absolute Gasteiger partial charge is 0.105 e. The van der Waals surface area contributed by atoms with E-state index in [-0.39, 0.29) is 0 Å². The molecule has 0 amide bonds. The highest BCUT2D eigenvalue weighted by Crippen LogP contribution is 2.34. The zero-order chi connectivity index (χ0) is 16.5. The summed E-state index contributed by atoms with van der Waals surface area (Å²) >= 11 is 1.74. The van der Waals surface area contributed by atoms with E-state index in [4.69, 9.17) is 0 Å². The third kappa shape index (κ3) is 2.87. The van der Waals surface area contributed by atoms with Gasteiger partial charge in [0, 0.05) is 36.9 Å².